The number of nitrogens with one attached hydrogen (secondary N) is 1. The third kappa shape index (κ3) is 2.87. The van der Waals surface area contributed by atoms with Gasteiger partial charge in [-0.15, -0.1) is 0 Å². The maximum Gasteiger partial charge on any atom is 0.252 e. The Morgan fingerprint density at radius 1 is 1.28 bits per heavy atom. The van der Waals surface area contributed by atoms with Crippen molar-refractivity contribution in [3.05, 3.63) is 58.2 Å². The zero-order chi connectivity index (χ0) is 13.0. The number of nitrogens with zero attached hydrogens (tertiary/aromatic N) is 1. The lowest BCUT2D eigenvalue weighted by atomic mass is 10.2. The van der Waals surface area contributed by atoms with Gasteiger partial charge in [0.25, 0.3) is 5.91 Å². The van der Waals surface area contributed by atoms with Crippen molar-refractivity contribution in [1.29, 1.82) is 0 Å². The highest BCUT2D eigenvalue weighted by molar-refractivity contribution is 9.10. The van der Waals surface area contributed by atoms with E-state index in [4.69, 9.17) is 5.73 Å². The minimum Gasteiger partial charge on any atom is -0.365 e. The summed E-state index contributed by atoms with van der Waals surface area (Å²) in [6.45, 7) is 0.568. The molecule has 4 nitrogen and oxygen atoms in total. The third-order valence-electron chi connectivity index (χ3n) is 2.48. The Labute approximate surface area is 113 Å². The number of rotatable bonds is 4. The van der Waals surface area contributed by atoms with E-state index < -0.39 is 5.91 Å². The molecule has 1 amide bonds. The highest BCUT2D eigenvalue weighted by Gasteiger charge is 2.08. The van der Waals surface area contributed by atoms with Crippen LogP contribution in [0.15, 0.2) is 47.1 Å². The zero-order valence-corrected chi connectivity index (χ0v) is 11.1. The van der Waals surface area contributed by atoms with Crippen LogP contribution < -0.4 is 11.1 Å². The molecule has 1 heterocycles. The number of carbonyl (C=O) groups is 1. The largest absolute Gasteiger partial charge is 0.365 e. The second-order valence-corrected chi connectivity index (χ2v) is 4.56. The lowest BCUT2D eigenvalue weighted by Gasteiger charge is -2.09. The van der Waals surface area contributed by atoms with Gasteiger partial charge in [0.1, 0.15) is 5.82 Å². The molecule has 3 N–H and O–H groups in total. The van der Waals surface area contributed by atoms with E-state index in [9.17, 15) is 4.79 Å². The summed E-state index contributed by atoms with van der Waals surface area (Å²) < 4.78 is 1.01. The van der Waals surface area contributed by atoms with Crippen molar-refractivity contribution in [1.82, 2.24) is 4.98 Å². The summed E-state index contributed by atoms with van der Waals surface area (Å²) in [5.41, 5.74) is 6.76. The van der Waals surface area contributed by atoms with Crippen molar-refractivity contribution in [2.75, 3.05) is 5.32 Å². The summed E-state index contributed by atoms with van der Waals surface area (Å²) in [5, 5.41) is 3.11. The van der Waals surface area contributed by atoms with E-state index in [1.165, 1.54) is 0 Å². The van der Waals surface area contributed by atoms with Crippen LogP contribution in [0.3, 0.4) is 0 Å². The fourth-order valence-electron chi connectivity index (χ4n) is 1.57. The van der Waals surface area contributed by atoms with Crippen molar-refractivity contribution >= 4 is 27.7 Å². The predicted octanol–water partition coefficient (Wildman–Crippen LogP) is 2.56. The van der Waals surface area contributed by atoms with Gasteiger partial charge in [-0.2, -0.15) is 0 Å². The first-order chi connectivity index (χ1) is 8.68. The molecule has 0 aliphatic heterocycles. The van der Waals surface area contributed by atoms with Gasteiger partial charge in [-0.25, -0.2) is 4.98 Å². The van der Waals surface area contributed by atoms with Crippen LogP contribution in [-0.4, -0.2) is 10.9 Å². The number of halogens is 1. The molecule has 0 aliphatic rings. The Balaban J connectivity index is 2.16. The summed E-state index contributed by atoms with van der Waals surface area (Å²) in [6.07, 6.45) is 1.62. The molecule has 0 saturated carbocycles. The van der Waals surface area contributed by atoms with Crippen LogP contribution in [0.2, 0.25) is 0 Å². The summed E-state index contributed by atoms with van der Waals surface area (Å²) in [5.74, 6) is 0.0125. The number of nitrogens with two attached hydrogens (primary N) is 1. The predicted molar refractivity (Wildman–Crippen MR) is 74.2 cm³/mol. The molecule has 2 aromatic rings. The van der Waals surface area contributed by atoms with Gasteiger partial charge < -0.3 is 11.1 Å². The molecule has 0 aliphatic carbocycles. The van der Waals surface area contributed by atoms with Gasteiger partial charge in [0.2, 0.25) is 0 Å². The average Bonchev–Trinajstić information content (AvgIpc) is 2.38. The SMILES string of the molecule is NC(=O)c1cccnc1NCc1ccccc1Br. The van der Waals surface area contributed by atoms with Crippen LogP contribution in [0.1, 0.15) is 15.9 Å². The molecule has 0 atom stereocenters. The topological polar surface area (TPSA) is 68.0 Å². The van der Waals surface area contributed by atoms with Crippen LogP contribution in [0, 0.1) is 0 Å². The summed E-state index contributed by atoms with van der Waals surface area (Å²) in [4.78, 5) is 15.4. The Bertz CT molecular complexity index is 572. The maximum absolute atomic E-state index is 11.2. The third-order valence-corrected chi connectivity index (χ3v) is 3.25. The average molecular weight is 306 g/mol. The van der Waals surface area contributed by atoms with Crippen molar-refractivity contribution in [3.8, 4) is 0 Å². The maximum atomic E-state index is 11.2. The van der Waals surface area contributed by atoms with Crippen molar-refractivity contribution < 1.29 is 4.79 Å². The number of pyridine rings is 1. The number of aromatic nitrogens is 1. The number of benzene rings is 1. The van der Waals surface area contributed by atoms with E-state index in [2.05, 4.69) is 26.2 Å². The molecular formula is C13H12BrN3O. The first kappa shape index (κ1) is 12.6. The molecule has 1 aromatic carbocycles. The second-order valence-electron chi connectivity index (χ2n) is 3.71. The summed E-state index contributed by atoms with van der Waals surface area (Å²) >= 11 is 3.47. The van der Waals surface area contributed by atoms with Crippen LogP contribution in [0.25, 0.3) is 0 Å². The Morgan fingerprint density at radius 2 is 2.06 bits per heavy atom. The molecule has 2 rings (SSSR count). The molecule has 0 unspecified atom stereocenters. The van der Waals surface area contributed by atoms with Gasteiger partial charge in [-0.1, -0.05) is 34.1 Å². The number of primary amides is 1. The number of amides is 1. The minimum atomic E-state index is -0.488. The molecule has 1 aromatic heterocycles. The minimum absolute atomic E-state index is 0.393. The van der Waals surface area contributed by atoms with Crippen LogP contribution >= 0.6 is 15.9 Å². The van der Waals surface area contributed by atoms with E-state index in [1.807, 2.05) is 24.3 Å². The highest BCUT2D eigenvalue weighted by Crippen LogP contribution is 2.18. The lowest BCUT2D eigenvalue weighted by molar-refractivity contribution is 0.100. The fraction of sp³-hybridized carbons (Fsp3) is 0.0769. The van der Waals surface area contributed by atoms with Crippen molar-refractivity contribution in [2.24, 2.45) is 5.73 Å². The van der Waals surface area contributed by atoms with Gasteiger partial charge in [0.15, 0.2) is 0 Å². The van der Waals surface area contributed by atoms with E-state index in [-0.39, 0.29) is 0 Å². The van der Waals surface area contributed by atoms with Gasteiger partial charge in [-0.05, 0) is 23.8 Å². The quantitative estimate of drug-likeness (QED) is 0.912. The smallest absolute Gasteiger partial charge is 0.252 e. The van der Waals surface area contributed by atoms with E-state index in [0.717, 1.165) is 10.0 Å². The molecule has 5 heteroatoms. The van der Waals surface area contributed by atoms with Gasteiger partial charge in [0.05, 0.1) is 5.56 Å². The Morgan fingerprint density at radius 3 is 2.78 bits per heavy atom. The fourth-order valence-corrected chi connectivity index (χ4v) is 1.99. The molecule has 0 bridgehead atoms. The molecule has 0 saturated heterocycles. The lowest BCUT2D eigenvalue weighted by Crippen LogP contribution is -2.15. The van der Waals surface area contributed by atoms with Crippen LogP contribution in [0.5, 0.6) is 0 Å². The molecule has 0 radical (unpaired) electrons. The monoisotopic (exact) mass is 305 g/mol. The van der Waals surface area contributed by atoms with Crippen molar-refractivity contribution in [2.45, 2.75) is 6.54 Å². The molecule has 0 fully saturated rings. The zero-order valence-electron chi connectivity index (χ0n) is 9.56. The molecular weight excluding hydrogens is 294 g/mol. The number of anilines is 1. The summed E-state index contributed by atoms with van der Waals surface area (Å²) in [6, 6.07) is 11.2. The number of hydrogen-bond donors (Lipinski definition) is 2. The number of carbonyl (C=O) groups excluding carboxylic acids is 1. The highest BCUT2D eigenvalue weighted by atomic mass is 79.9. The number of hydrogen-bond acceptors (Lipinski definition) is 3. The Hall–Kier alpha value is -1.88. The Kier molecular flexibility index (Phi) is 3.94. The van der Waals surface area contributed by atoms with Crippen LogP contribution in [0.4, 0.5) is 5.82 Å². The van der Waals surface area contributed by atoms with Gasteiger partial charge >= 0.3 is 0 Å². The second kappa shape index (κ2) is 5.64. The van der Waals surface area contributed by atoms with E-state index >= 15 is 0 Å². The van der Waals surface area contributed by atoms with Crippen molar-refractivity contribution in [3.63, 3.8) is 0 Å². The van der Waals surface area contributed by atoms with Gasteiger partial charge in [-0.3, -0.25) is 4.79 Å². The van der Waals surface area contributed by atoms with E-state index in [1.54, 1.807) is 18.3 Å². The van der Waals surface area contributed by atoms with E-state index in [0.29, 0.717) is 17.9 Å². The standard InChI is InChI=1S/C13H12BrN3O/c14-11-6-2-1-4-9(11)8-17-13-10(12(15)18)5-3-7-16-13/h1-7H,8H2,(H2,15,18)(H,16,17). The van der Waals surface area contributed by atoms with Gasteiger partial charge in [0, 0.05) is 17.2 Å². The first-order valence-corrected chi connectivity index (χ1v) is 6.20. The molecule has 0 spiro atoms. The first-order valence-electron chi connectivity index (χ1n) is 5.40. The molecule has 18 heavy (non-hydrogen) atoms. The van der Waals surface area contributed by atoms with Crippen LogP contribution in [-0.2, 0) is 6.54 Å². The summed E-state index contributed by atoms with van der Waals surface area (Å²) in [7, 11) is 0. The molecule has 92 valence electrons. The normalized spacial score (nSPS) is 10.1.